The number of anilines is 2. The van der Waals surface area contributed by atoms with E-state index < -0.39 is 0 Å². The van der Waals surface area contributed by atoms with Gasteiger partial charge in [-0.2, -0.15) is 5.10 Å². The van der Waals surface area contributed by atoms with E-state index in [9.17, 15) is 4.79 Å². The summed E-state index contributed by atoms with van der Waals surface area (Å²) in [5, 5.41) is 8.01. The van der Waals surface area contributed by atoms with Crippen molar-refractivity contribution >= 4 is 28.4 Å². The van der Waals surface area contributed by atoms with Gasteiger partial charge in [-0.15, -0.1) is 0 Å². The summed E-state index contributed by atoms with van der Waals surface area (Å²) in [6.45, 7) is 5.90. The number of carbonyl (C=O) groups is 1. The Balaban J connectivity index is 1.78. The number of rotatable bonds is 7. The number of ether oxygens (including phenoxy) is 1. The highest BCUT2D eigenvalue weighted by molar-refractivity contribution is 5.92. The Morgan fingerprint density at radius 1 is 1.19 bits per heavy atom. The van der Waals surface area contributed by atoms with Crippen molar-refractivity contribution in [1.29, 1.82) is 0 Å². The first kappa shape index (κ1) is 17.7. The summed E-state index contributed by atoms with van der Waals surface area (Å²) >= 11 is 0. The molecule has 1 N–H and O–H groups in total. The van der Waals surface area contributed by atoms with Gasteiger partial charge in [-0.05, 0) is 38.1 Å². The van der Waals surface area contributed by atoms with Crippen molar-refractivity contribution in [1.82, 2.24) is 19.7 Å². The molecule has 1 amide bonds. The van der Waals surface area contributed by atoms with E-state index in [2.05, 4.69) is 39.1 Å². The minimum atomic E-state index is -0.178. The fraction of sp³-hybridized carbons (Fsp3) is 0.333. The maximum atomic E-state index is 12.4. The van der Waals surface area contributed by atoms with Gasteiger partial charge < -0.3 is 15.0 Å². The number of amides is 1. The van der Waals surface area contributed by atoms with Crippen molar-refractivity contribution in [2.75, 3.05) is 30.4 Å². The fourth-order valence-corrected chi connectivity index (χ4v) is 2.78. The van der Waals surface area contributed by atoms with Crippen LogP contribution in [-0.4, -0.2) is 45.9 Å². The summed E-state index contributed by atoms with van der Waals surface area (Å²) < 4.78 is 6.70. The standard InChI is InChI=1S/C18H22N6O2/c1-4-23(5-2)17-15-10-21-24(18(15)20-12-19-17)11-16(25)22-13-6-8-14(26-3)9-7-13/h6-10,12H,4-5,11H2,1-3H3,(H,22,25). The van der Waals surface area contributed by atoms with Crippen LogP contribution in [0.1, 0.15) is 13.8 Å². The van der Waals surface area contributed by atoms with Gasteiger partial charge in [0, 0.05) is 18.8 Å². The highest BCUT2D eigenvalue weighted by atomic mass is 16.5. The molecule has 2 aromatic heterocycles. The molecule has 0 bridgehead atoms. The highest BCUT2D eigenvalue weighted by Gasteiger charge is 2.15. The summed E-state index contributed by atoms with van der Waals surface area (Å²) in [7, 11) is 1.60. The van der Waals surface area contributed by atoms with E-state index in [1.807, 2.05) is 0 Å². The van der Waals surface area contributed by atoms with Crippen LogP contribution < -0.4 is 15.0 Å². The van der Waals surface area contributed by atoms with Crippen molar-refractivity contribution in [2.45, 2.75) is 20.4 Å². The predicted octanol–water partition coefficient (Wildman–Crippen LogP) is 2.32. The second-order valence-electron chi connectivity index (χ2n) is 5.69. The summed E-state index contributed by atoms with van der Waals surface area (Å²) in [5.74, 6) is 1.40. The molecule has 8 heteroatoms. The van der Waals surface area contributed by atoms with Gasteiger partial charge in [-0.3, -0.25) is 4.79 Å². The fourth-order valence-electron chi connectivity index (χ4n) is 2.78. The van der Waals surface area contributed by atoms with E-state index in [0.717, 1.165) is 30.0 Å². The zero-order valence-electron chi connectivity index (χ0n) is 15.1. The number of hydrogen-bond donors (Lipinski definition) is 1. The summed E-state index contributed by atoms with van der Waals surface area (Å²) in [4.78, 5) is 23.2. The molecule has 3 aromatic rings. The van der Waals surface area contributed by atoms with Crippen LogP contribution in [0.4, 0.5) is 11.5 Å². The number of nitrogens with zero attached hydrogens (tertiary/aromatic N) is 5. The Hall–Kier alpha value is -3.16. The second-order valence-corrected chi connectivity index (χ2v) is 5.69. The monoisotopic (exact) mass is 354 g/mol. The van der Waals surface area contributed by atoms with E-state index in [-0.39, 0.29) is 12.5 Å². The van der Waals surface area contributed by atoms with Crippen LogP contribution in [0, 0.1) is 0 Å². The topological polar surface area (TPSA) is 85.2 Å². The molecule has 0 radical (unpaired) electrons. The normalized spacial score (nSPS) is 10.7. The molecular formula is C18H22N6O2. The molecule has 2 heterocycles. The Bertz CT molecular complexity index is 886. The van der Waals surface area contributed by atoms with E-state index in [0.29, 0.717) is 11.3 Å². The number of aromatic nitrogens is 4. The van der Waals surface area contributed by atoms with Crippen LogP contribution in [0.25, 0.3) is 11.0 Å². The second kappa shape index (κ2) is 7.81. The Labute approximate surface area is 151 Å². The third kappa shape index (κ3) is 3.58. The first-order valence-corrected chi connectivity index (χ1v) is 8.51. The smallest absolute Gasteiger partial charge is 0.246 e. The van der Waals surface area contributed by atoms with Crippen molar-refractivity contribution in [2.24, 2.45) is 0 Å². The Kier molecular flexibility index (Phi) is 5.31. The largest absolute Gasteiger partial charge is 0.497 e. The molecule has 136 valence electrons. The first-order chi connectivity index (χ1) is 12.7. The molecule has 0 saturated heterocycles. The zero-order chi connectivity index (χ0) is 18.5. The van der Waals surface area contributed by atoms with E-state index in [1.165, 1.54) is 6.33 Å². The lowest BCUT2D eigenvalue weighted by Crippen LogP contribution is -2.23. The quantitative estimate of drug-likeness (QED) is 0.701. The molecule has 0 saturated carbocycles. The number of nitrogens with one attached hydrogen (secondary N) is 1. The third-order valence-corrected chi connectivity index (χ3v) is 4.14. The van der Waals surface area contributed by atoms with Gasteiger partial charge in [0.1, 0.15) is 24.4 Å². The van der Waals surface area contributed by atoms with Gasteiger partial charge >= 0.3 is 0 Å². The van der Waals surface area contributed by atoms with E-state index >= 15 is 0 Å². The van der Waals surface area contributed by atoms with Crippen LogP contribution in [0.15, 0.2) is 36.8 Å². The highest BCUT2D eigenvalue weighted by Crippen LogP contribution is 2.22. The van der Waals surface area contributed by atoms with E-state index in [1.54, 1.807) is 42.3 Å². The van der Waals surface area contributed by atoms with Gasteiger partial charge in [0.25, 0.3) is 0 Å². The summed E-state index contributed by atoms with van der Waals surface area (Å²) in [6.07, 6.45) is 3.22. The third-order valence-electron chi connectivity index (χ3n) is 4.14. The molecule has 0 aliphatic heterocycles. The molecule has 8 nitrogen and oxygen atoms in total. The first-order valence-electron chi connectivity index (χ1n) is 8.51. The molecule has 0 aliphatic rings. The maximum Gasteiger partial charge on any atom is 0.246 e. The molecule has 0 fully saturated rings. The molecule has 3 rings (SSSR count). The lowest BCUT2D eigenvalue weighted by Gasteiger charge is -2.19. The van der Waals surface area contributed by atoms with Gasteiger partial charge in [-0.25, -0.2) is 14.6 Å². The molecule has 26 heavy (non-hydrogen) atoms. The zero-order valence-corrected chi connectivity index (χ0v) is 15.1. The van der Waals surface area contributed by atoms with Crippen molar-refractivity contribution < 1.29 is 9.53 Å². The van der Waals surface area contributed by atoms with Crippen molar-refractivity contribution in [3.63, 3.8) is 0 Å². The summed E-state index contributed by atoms with van der Waals surface area (Å²) in [6, 6.07) is 7.17. The van der Waals surface area contributed by atoms with Gasteiger partial charge in [0.05, 0.1) is 18.7 Å². The van der Waals surface area contributed by atoms with E-state index in [4.69, 9.17) is 4.74 Å². The van der Waals surface area contributed by atoms with Crippen molar-refractivity contribution in [3.8, 4) is 5.75 Å². The van der Waals surface area contributed by atoms with Crippen LogP contribution in [-0.2, 0) is 11.3 Å². The lowest BCUT2D eigenvalue weighted by atomic mass is 10.3. The molecule has 1 aromatic carbocycles. The van der Waals surface area contributed by atoms with Crippen LogP contribution >= 0.6 is 0 Å². The van der Waals surface area contributed by atoms with Crippen LogP contribution in [0.3, 0.4) is 0 Å². The van der Waals surface area contributed by atoms with Gasteiger partial charge in [-0.1, -0.05) is 0 Å². The average molecular weight is 354 g/mol. The SMILES string of the molecule is CCN(CC)c1ncnc2c1cnn2CC(=O)Nc1ccc(OC)cc1. The predicted molar refractivity (Wildman–Crippen MR) is 101 cm³/mol. The van der Waals surface area contributed by atoms with Crippen LogP contribution in [0.5, 0.6) is 5.75 Å². The molecule has 0 unspecified atom stereocenters. The molecule has 0 spiro atoms. The minimum Gasteiger partial charge on any atom is -0.497 e. The van der Waals surface area contributed by atoms with Gasteiger partial charge in [0.2, 0.25) is 5.91 Å². The molecule has 0 atom stereocenters. The Morgan fingerprint density at radius 2 is 1.92 bits per heavy atom. The summed E-state index contributed by atoms with van der Waals surface area (Å²) in [5.41, 5.74) is 1.34. The molecule has 0 aliphatic carbocycles. The maximum absolute atomic E-state index is 12.4. The number of benzene rings is 1. The van der Waals surface area contributed by atoms with Crippen LogP contribution in [0.2, 0.25) is 0 Å². The van der Waals surface area contributed by atoms with Gasteiger partial charge in [0.15, 0.2) is 5.65 Å². The molecular weight excluding hydrogens is 332 g/mol. The minimum absolute atomic E-state index is 0.0736. The number of carbonyl (C=O) groups excluding carboxylic acids is 1. The Morgan fingerprint density at radius 3 is 2.58 bits per heavy atom. The average Bonchev–Trinajstić information content (AvgIpc) is 3.07. The van der Waals surface area contributed by atoms with Crippen molar-refractivity contribution in [3.05, 3.63) is 36.8 Å². The lowest BCUT2D eigenvalue weighted by molar-refractivity contribution is -0.116. The number of methoxy groups -OCH3 is 1. The number of hydrogen-bond acceptors (Lipinski definition) is 6. The number of fused-ring (bicyclic) bond motifs is 1.